The van der Waals surface area contributed by atoms with Crippen LogP contribution in [-0.2, 0) is 22.4 Å². The first-order valence-corrected chi connectivity index (χ1v) is 13.7. The molecule has 1 atom stereocenters. The number of nitrogens with two attached hydrogens (primary N) is 1. The zero-order valence-electron chi connectivity index (χ0n) is 24.3. The van der Waals surface area contributed by atoms with Crippen molar-refractivity contribution in [2.24, 2.45) is 11.7 Å². The number of benzene rings is 1. The minimum atomic E-state index is -1.05. The van der Waals surface area contributed by atoms with E-state index in [2.05, 4.69) is 24.9 Å². The van der Waals surface area contributed by atoms with Crippen LogP contribution in [0.3, 0.4) is 0 Å². The fraction of sp³-hybridized carbons (Fsp3) is 0.516. The Bertz CT molecular complexity index is 1120. The van der Waals surface area contributed by atoms with Gasteiger partial charge in [-0.2, -0.15) is 0 Å². The first kappa shape index (κ1) is 31.8. The van der Waals surface area contributed by atoms with Crippen LogP contribution in [0.2, 0.25) is 0 Å². The summed E-state index contributed by atoms with van der Waals surface area (Å²) in [5.74, 6) is 0.407. The summed E-state index contributed by atoms with van der Waals surface area (Å²) in [7, 11) is 0. The lowest BCUT2D eigenvalue weighted by atomic mass is 9.92. The molecule has 2 heterocycles. The molecule has 0 aliphatic carbocycles. The number of fused-ring (bicyclic) bond motifs is 1. The number of ether oxygens (including phenoxy) is 1. The molecular weight excluding hydrogens is 494 g/mol. The summed E-state index contributed by atoms with van der Waals surface area (Å²) < 4.78 is 11.4. The zero-order chi connectivity index (χ0) is 29.0. The number of carboxylic acids is 1. The molecule has 0 fully saturated rings. The number of amides is 1. The van der Waals surface area contributed by atoms with Crippen molar-refractivity contribution in [3.63, 3.8) is 0 Å². The largest absolute Gasteiger partial charge is 0.493 e. The highest BCUT2D eigenvalue weighted by Crippen LogP contribution is 2.33. The molecule has 8 nitrogen and oxygen atoms in total. The highest BCUT2D eigenvalue weighted by atomic mass is 16.5. The van der Waals surface area contributed by atoms with Gasteiger partial charge in [-0.3, -0.25) is 4.79 Å². The number of hydrogen-bond donors (Lipinski definition) is 2. The second-order valence-corrected chi connectivity index (χ2v) is 11.2. The molecule has 3 N–H and O–H groups in total. The fourth-order valence-corrected chi connectivity index (χ4v) is 3.86. The van der Waals surface area contributed by atoms with E-state index < -0.39 is 12.0 Å². The number of oxazole rings is 1. The average molecular weight is 540 g/mol. The van der Waals surface area contributed by atoms with Gasteiger partial charge in [-0.15, -0.1) is 0 Å². The van der Waals surface area contributed by atoms with Crippen molar-refractivity contribution in [3.8, 4) is 5.75 Å². The molecule has 0 radical (unpaired) electrons. The molecule has 0 spiro atoms. The number of carboxylic acid groups (broad SMARTS) is 1. The molecule has 1 aromatic carbocycles. The van der Waals surface area contributed by atoms with E-state index in [1.807, 2.05) is 45.9 Å². The highest BCUT2D eigenvalue weighted by molar-refractivity contribution is 5.92. The van der Waals surface area contributed by atoms with Crippen LogP contribution in [0.5, 0.6) is 5.75 Å². The Balaban J connectivity index is 0.000000976. The minimum Gasteiger partial charge on any atom is -0.493 e. The van der Waals surface area contributed by atoms with Crippen molar-refractivity contribution >= 4 is 18.0 Å². The van der Waals surface area contributed by atoms with Crippen LogP contribution in [-0.4, -0.2) is 45.6 Å². The molecule has 39 heavy (non-hydrogen) atoms. The molecule has 1 aliphatic rings. The number of aromatic nitrogens is 1. The van der Waals surface area contributed by atoms with E-state index in [9.17, 15) is 14.7 Å². The van der Waals surface area contributed by atoms with Gasteiger partial charge in [-0.25, -0.2) is 9.78 Å². The van der Waals surface area contributed by atoms with Crippen LogP contribution in [0.25, 0.3) is 6.08 Å². The van der Waals surface area contributed by atoms with Gasteiger partial charge in [0.1, 0.15) is 12.0 Å². The molecule has 1 unspecified atom stereocenters. The summed E-state index contributed by atoms with van der Waals surface area (Å²) in [4.78, 5) is 30.6. The Morgan fingerprint density at radius 1 is 1.28 bits per heavy atom. The Labute approximate surface area is 232 Å². The molecule has 8 heteroatoms. The Hall–Kier alpha value is -3.39. The lowest BCUT2D eigenvalue weighted by Crippen LogP contribution is -2.42. The number of carbonyl (C=O) groups is 2. The normalized spacial score (nSPS) is 15.4. The SMILES string of the molecule is CC(C)(C)N.CCCC=CC(=O)N1CCc2ccc(OCCc3coc(/C=C/CC(C)C)n3)cc2C1C(=O)O. The van der Waals surface area contributed by atoms with E-state index in [0.717, 1.165) is 30.5 Å². The smallest absolute Gasteiger partial charge is 0.331 e. The van der Waals surface area contributed by atoms with Crippen LogP contribution in [0.15, 0.2) is 47.1 Å². The van der Waals surface area contributed by atoms with E-state index in [0.29, 0.717) is 49.1 Å². The molecule has 0 bridgehead atoms. The second-order valence-electron chi connectivity index (χ2n) is 11.2. The molecule has 3 rings (SSSR count). The van der Waals surface area contributed by atoms with Gasteiger partial charge in [0.05, 0.1) is 12.3 Å². The lowest BCUT2D eigenvalue weighted by Gasteiger charge is -2.34. The highest BCUT2D eigenvalue weighted by Gasteiger charge is 2.35. The Morgan fingerprint density at radius 2 is 2.00 bits per heavy atom. The Kier molecular flexibility index (Phi) is 12.5. The van der Waals surface area contributed by atoms with Gasteiger partial charge in [-0.05, 0) is 81.4 Å². The first-order chi connectivity index (χ1) is 18.4. The third-order valence-electron chi connectivity index (χ3n) is 5.64. The third kappa shape index (κ3) is 11.5. The van der Waals surface area contributed by atoms with Gasteiger partial charge in [0.15, 0.2) is 6.04 Å². The van der Waals surface area contributed by atoms with E-state index in [-0.39, 0.29) is 11.4 Å². The summed E-state index contributed by atoms with van der Waals surface area (Å²) in [5.41, 5.74) is 7.68. The molecule has 0 saturated carbocycles. The molecule has 1 amide bonds. The minimum absolute atomic E-state index is 0. The predicted octanol–water partition coefficient (Wildman–Crippen LogP) is 5.97. The summed E-state index contributed by atoms with van der Waals surface area (Å²) in [6.07, 6.45) is 12.7. The molecule has 0 saturated heterocycles. The van der Waals surface area contributed by atoms with Gasteiger partial charge in [0.2, 0.25) is 11.8 Å². The molecular formula is C31H45N3O5. The second kappa shape index (κ2) is 15.3. The maximum Gasteiger partial charge on any atom is 0.331 e. The Morgan fingerprint density at radius 3 is 2.64 bits per heavy atom. The van der Waals surface area contributed by atoms with Crippen LogP contribution >= 0.6 is 0 Å². The van der Waals surface area contributed by atoms with Gasteiger partial charge in [0, 0.05) is 18.5 Å². The predicted molar refractivity (Wildman–Crippen MR) is 154 cm³/mol. The number of nitrogens with zero attached hydrogens (tertiary/aromatic N) is 2. The summed E-state index contributed by atoms with van der Waals surface area (Å²) in [6.45, 7) is 13.0. The summed E-state index contributed by atoms with van der Waals surface area (Å²) in [6, 6.07) is 4.45. The number of carbonyl (C=O) groups excluding carboxylic acids is 1. The fourth-order valence-electron chi connectivity index (χ4n) is 3.86. The van der Waals surface area contributed by atoms with Gasteiger partial charge in [0.25, 0.3) is 0 Å². The van der Waals surface area contributed by atoms with Crippen molar-refractivity contribution < 1.29 is 23.8 Å². The molecule has 214 valence electrons. The van der Waals surface area contributed by atoms with Gasteiger partial charge < -0.3 is 24.9 Å². The van der Waals surface area contributed by atoms with E-state index >= 15 is 0 Å². The molecule has 1 aromatic heterocycles. The van der Waals surface area contributed by atoms with Crippen molar-refractivity contribution in [1.82, 2.24) is 9.88 Å². The van der Waals surface area contributed by atoms with E-state index in [1.165, 1.54) is 11.0 Å². The van der Waals surface area contributed by atoms with Crippen molar-refractivity contribution in [2.45, 2.75) is 85.2 Å². The lowest BCUT2D eigenvalue weighted by molar-refractivity contribution is -0.149. The average Bonchev–Trinajstić information content (AvgIpc) is 3.29. The topological polar surface area (TPSA) is 119 Å². The van der Waals surface area contributed by atoms with E-state index in [4.69, 9.17) is 14.9 Å². The number of unbranched alkanes of at least 4 members (excludes halogenated alkanes) is 1. The summed E-state index contributed by atoms with van der Waals surface area (Å²) >= 11 is 0. The van der Waals surface area contributed by atoms with E-state index in [1.54, 1.807) is 18.4 Å². The summed E-state index contributed by atoms with van der Waals surface area (Å²) in [5, 5.41) is 9.90. The first-order valence-electron chi connectivity index (χ1n) is 13.7. The van der Waals surface area contributed by atoms with Crippen LogP contribution in [0.4, 0.5) is 0 Å². The third-order valence-corrected chi connectivity index (χ3v) is 5.64. The number of hydrogen-bond acceptors (Lipinski definition) is 6. The number of rotatable bonds is 11. The number of allylic oxidation sites excluding steroid dienone is 2. The standard InChI is InChI=1S/C27H34N2O5.C4H11N/c1-4-5-6-10-25(30)29-15-13-20-11-12-22(17-23(20)26(29)27(31)32)33-16-14-21-18-34-24(28-21)9-7-8-19(2)3;1-4(2,3)5/h6-7,9-12,17-19,26H,4-5,8,13-16H2,1-3H3,(H,31,32);5H2,1-3H3/b9-7+,10-6?;. The maximum atomic E-state index is 12.6. The van der Waals surface area contributed by atoms with Gasteiger partial charge >= 0.3 is 5.97 Å². The van der Waals surface area contributed by atoms with Gasteiger partial charge in [-0.1, -0.05) is 45.4 Å². The molecule has 1 aliphatic heterocycles. The van der Waals surface area contributed by atoms with Crippen LogP contribution in [0.1, 0.15) is 89.6 Å². The van der Waals surface area contributed by atoms with Crippen molar-refractivity contribution in [3.05, 3.63) is 65.4 Å². The number of aliphatic carboxylic acids is 1. The maximum absolute atomic E-state index is 12.6. The monoisotopic (exact) mass is 539 g/mol. The van der Waals surface area contributed by atoms with Crippen molar-refractivity contribution in [1.29, 1.82) is 0 Å². The molecule has 2 aromatic rings. The van der Waals surface area contributed by atoms with Crippen molar-refractivity contribution in [2.75, 3.05) is 13.2 Å². The van der Waals surface area contributed by atoms with Crippen LogP contribution < -0.4 is 10.5 Å². The van der Waals surface area contributed by atoms with Crippen LogP contribution in [0, 0.1) is 5.92 Å². The zero-order valence-corrected chi connectivity index (χ0v) is 24.3. The quantitative estimate of drug-likeness (QED) is 0.338.